The smallest absolute Gasteiger partial charge is 0.174 e. The molecule has 1 aromatic carbocycles. The molecule has 1 fully saturated rings. The van der Waals surface area contributed by atoms with Crippen LogP contribution in [-0.2, 0) is 0 Å². The predicted molar refractivity (Wildman–Crippen MR) is 58.4 cm³/mol. The van der Waals surface area contributed by atoms with Gasteiger partial charge in [0.1, 0.15) is 0 Å². The zero-order valence-corrected chi connectivity index (χ0v) is 8.38. The minimum absolute atomic E-state index is 0.0647. The quantitative estimate of drug-likeness (QED) is 0.648. The molecule has 0 spiro atoms. The lowest BCUT2D eigenvalue weighted by molar-refractivity contribution is 0.0954. The minimum atomic E-state index is 0.0647. The largest absolute Gasteiger partial charge is 0.293 e. The molecule has 2 aliphatic heterocycles. The summed E-state index contributed by atoms with van der Waals surface area (Å²) >= 11 is 1.72. The van der Waals surface area contributed by atoms with Crippen molar-refractivity contribution in [3.05, 3.63) is 29.8 Å². The first-order valence-corrected chi connectivity index (χ1v) is 5.69. The Morgan fingerprint density at radius 3 is 3.14 bits per heavy atom. The van der Waals surface area contributed by atoms with Crippen molar-refractivity contribution in [2.75, 3.05) is 5.75 Å². The van der Waals surface area contributed by atoms with Crippen molar-refractivity contribution >= 4 is 28.3 Å². The molecule has 0 amide bonds. The van der Waals surface area contributed by atoms with E-state index in [0.29, 0.717) is 0 Å². The monoisotopic (exact) mass is 203 g/mol. The third kappa shape index (κ3) is 1.05. The minimum Gasteiger partial charge on any atom is -0.293 e. The Labute approximate surface area is 86.4 Å². The van der Waals surface area contributed by atoms with Gasteiger partial charge in [-0.2, -0.15) is 0 Å². The number of hydrogen-bond acceptors (Lipinski definition) is 3. The molecule has 70 valence electrons. The summed E-state index contributed by atoms with van der Waals surface area (Å²) in [7, 11) is 0. The average Bonchev–Trinajstić information content (AvgIpc) is 2.66. The summed E-state index contributed by atoms with van der Waals surface area (Å²) in [5, 5.41) is 1.02. The Kier molecular flexibility index (Phi) is 1.74. The molecule has 0 bridgehead atoms. The molecule has 0 radical (unpaired) electrons. The number of Topliss-reactive ketones (excluding diaryl/α,β-unsaturated/α-hetero) is 1. The number of rotatable bonds is 0. The molecule has 0 aromatic heterocycles. The highest BCUT2D eigenvalue weighted by Crippen LogP contribution is 2.38. The fraction of sp³-hybridized carbons (Fsp3) is 0.273. The van der Waals surface area contributed by atoms with Crippen LogP contribution in [0.4, 0.5) is 5.69 Å². The lowest BCUT2D eigenvalue weighted by Crippen LogP contribution is -2.21. The van der Waals surface area contributed by atoms with Crippen LogP contribution < -0.4 is 0 Å². The lowest BCUT2D eigenvalue weighted by atomic mass is 9.93. The molecule has 2 nitrogen and oxygen atoms in total. The zero-order chi connectivity index (χ0) is 9.54. The Morgan fingerprint density at radius 2 is 2.21 bits per heavy atom. The number of para-hydroxylation sites is 1. The third-order valence-corrected chi connectivity index (χ3v) is 3.78. The maximum absolute atomic E-state index is 12.0. The van der Waals surface area contributed by atoms with Crippen LogP contribution in [0.3, 0.4) is 0 Å². The number of carbonyl (C=O) groups is 1. The standard InChI is InChI=1S/C11H9NOS/c13-10-7-3-1-2-4-9(7)12-11-8(10)5-6-14-11/h1-4,8H,5-6H2. The highest BCUT2D eigenvalue weighted by Gasteiger charge is 2.34. The van der Waals surface area contributed by atoms with E-state index in [9.17, 15) is 4.79 Å². The van der Waals surface area contributed by atoms with Crippen LogP contribution >= 0.6 is 11.8 Å². The van der Waals surface area contributed by atoms with Gasteiger partial charge in [-0.1, -0.05) is 12.1 Å². The van der Waals surface area contributed by atoms with Crippen LogP contribution in [0.5, 0.6) is 0 Å². The second-order valence-electron chi connectivity index (χ2n) is 3.52. The van der Waals surface area contributed by atoms with Crippen molar-refractivity contribution in [3.63, 3.8) is 0 Å². The van der Waals surface area contributed by atoms with Crippen LogP contribution in [0, 0.1) is 5.92 Å². The summed E-state index contributed by atoms with van der Waals surface area (Å²) in [5.41, 5.74) is 1.64. The zero-order valence-electron chi connectivity index (χ0n) is 7.56. The molecule has 1 atom stereocenters. The van der Waals surface area contributed by atoms with E-state index in [0.717, 1.165) is 28.5 Å². The van der Waals surface area contributed by atoms with Crippen molar-refractivity contribution in [2.24, 2.45) is 10.9 Å². The van der Waals surface area contributed by atoms with Gasteiger partial charge in [0, 0.05) is 11.3 Å². The maximum Gasteiger partial charge on any atom is 0.174 e. The van der Waals surface area contributed by atoms with Gasteiger partial charge in [-0.25, -0.2) is 4.99 Å². The number of carbonyl (C=O) groups excluding carboxylic acids is 1. The van der Waals surface area contributed by atoms with Gasteiger partial charge >= 0.3 is 0 Å². The number of thioether (sulfide) groups is 1. The second kappa shape index (κ2) is 2.95. The maximum atomic E-state index is 12.0. The number of hydrogen-bond donors (Lipinski definition) is 0. The summed E-state index contributed by atoms with van der Waals surface area (Å²) in [4.78, 5) is 16.5. The van der Waals surface area contributed by atoms with Crippen molar-refractivity contribution in [1.29, 1.82) is 0 Å². The van der Waals surface area contributed by atoms with Gasteiger partial charge in [0.05, 0.1) is 16.6 Å². The highest BCUT2D eigenvalue weighted by atomic mass is 32.2. The van der Waals surface area contributed by atoms with Gasteiger partial charge in [0.25, 0.3) is 0 Å². The van der Waals surface area contributed by atoms with E-state index >= 15 is 0 Å². The molecule has 1 aromatic rings. The van der Waals surface area contributed by atoms with E-state index in [4.69, 9.17) is 0 Å². The van der Waals surface area contributed by atoms with E-state index < -0.39 is 0 Å². The van der Waals surface area contributed by atoms with Gasteiger partial charge in [-0.05, 0) is 18.6 Å². The van der Waals surface area contributed by atoms with Crippen LogP contribution in [0.1, 0.15) is 16.8 Å². The lowest BCUT2D eigenvalue weighted by Gasteiger charge is -2.16. The van der Waals surface area contributed by atoms with Crippen LogP contribution in [0.15, 0.2) is 29.3 Å². The van der Waals surface area contributed by atoms with Crippen LogP contribution in [-0.4, -0.2) is 16.6 Å². The summed E-state index contributed by atoms with van der Waals surface area (Å²) in [6.07, 6.45) is 0.955. The van der Waals surface area contributed by atoms with Crippen molar-refractivity contribution in [2.45, 2.75) is 6.42 Å². The van der Waals surface area contributed by atoms with Crippen molar-refractivity contribution in [3.8, 4) is 0 Å². The first kappa shape index (κ1) is 8.24. The molecular formula is C11H9NOS. The average molecular weight is 203 g/mol. The number of fused-ring (bicyclic) bond motifs is 2. The summed E-state index contributed by atoms with van der Waals surface area (Å²) < 4.78 is 0. The van der Waals surface area contributed by atoms with Crippen molar-refractivity contribution in [1.82, 2.24) is 0 Å². The summed E-state index contributed by atoms with van der Waals surface area (Å²) in [5.74, 6) is 1.36. The number of nitrogens with zero attached hydrogens (tertiary/aromatic N) is 1. The van der Waals surface area contributed by atoms with Crippen LogP contribution in [0.25, 0.3) is 0 Å². The third-order valence-electron chi connectivity index (χ3n) is 2.67. The number of ketones is 1. The SMILES string of the molecule is O=C1c2ccccc2N=C2SCCC12. The fourth-order valence-electron chi connectivity index (χ4n) is 1.94. The Morgan fingerprint density at radius 1 is 1.36 bits per heavy atom. The van der Waals surface area contributed by atoms with E-state index in [2.05, 4.69) is 4.99 Å². The second-order valence-corrected chi connectivity index (χ2v) is 4.64. The molecule has 3 heteroatoms. The molecule has 3 rings (SSSR count). The first-order valence-electron chi connectivity index (χ1n) is 4.71. The molecule has 0 N–H and O–H groups in total. The Balaban J connectivity index is 2.20. The van der Waals surface area contributed by atoms with Crippen molar-refractivity contribution < 1.29 is 4.79 Å². The molecule has 14 heavy (non-hydrogen) atoms. The van der Waals surface area contributed by atoms with Gasteiger partial charge in [0.15, 0.2) is 5.78 Å². The molecule has 0 aliphatic carbocycles. The molecule has 2 aliphatic rings. The topological polar surface area (TPSA) is 29.4 Å². The highest BCUT2D eigenvalue weighted by molar-refractivity contribution is 8.14. The van der Waals surface area contributed by atoms with E-state index in [1.54, 1.807) is 11.8 Å². The normalized spacial score (nSPS) is 24.1. The van der Waals surface area contributed by atoms with Gasteiger partial charge in [-0.15, -0.1) is 11.8 Å². The van der Waals surface area contributed by atoms with Crippen LogP contribution in [0.2, 0.25) is 0 Å². The van der Waals surface area contributed by atoms with E-state index in [1.165, 1.54) is 0 Å². The summed E-state index contributed by atoms with van der Waals surface area (Å²) in [6.45, 7) is 0. The van der Waals surface area contributed by atoms with E-state index in [1.807, 2.05) is 24.3 Å². The Hall–Kier alpha value is -1.09. The molecule has 0 saturated carbocycles. The van der Waals surface area contributed by atoms with Gasteiger partial charge in [-0.3, -0.25) is 4.79 Å². The molecule has 1 unspecified atom stereocenters. The molecule has 1 saturated heterocycles. The van der Waals surface area contributed by atoms with Gasteiger partial charge < -0.3 is 0 Å². The predicted octanol–water partition coefficient (Wildman–Crippen LogP) is 2.67. The van der Waals surface area contributed by atoms with E-state index in [-0.39, 0.29) is 11.7 Å². The van der Waals surface area contributed by atoms with Gasteiger partial charge in [0.2, 0.25) is 0 Å². The molecule has 2 heterocycles. The fourth-order valence-corrected chi connectivity index (χ4v) is 3.10. The summed E-state index contributed by atoms with van der Waals surface area (Å²) in [6, 6.07) is 7.62. The number of benzene rings is 1. The first-order chi connectivity index (χ1) is 6.86. The number of aliphatic imine (C=N–C) groups is 1. The Bertz CT molecular complexity index is 439. The molecular weight excluding hydrogens is 194 g/mol.